The first-order valence-electron chi connectivity index (χ1n) is 6.37. The standard InChI is InChI=1S/C11H20N2O4.CH2O3/c1-7(14)12-10(11(16)13(2)17-3)8-4-5-9(15)6-8;2-1(3)4/h8-10,15H,4-6H2,1-3H3,(H,12,14);(H2,2,3,4)/t8-,9-,10?;/m0./s1. The Balaban J connectivity index is 0.000000885. The number of aliphatic hydroxyl groups excluding tert-OH is 1. The van der Waals surface area contributed by atoms with E-state index in [9.17, 15) is 14.7 Å². The van der Waals surface area contributed by atoms with Gasteiger partial charge in [-0.25, -0.2) is 9.86 Å². The Labute approximate surface area is 122 Å². The van der Waals surface area contributed by atoms with Crippen molar-refractivity contribution in [2.75, 3.05) is 14.2 Å². The smallest absolute Gasteiger partial charge is 0.450 e. The second-order valence-electron chi connectivity index (χ2n) is 4.71. The molecule has 21 heavy (non-hydrogen) atoms. The molecule has 0 bridgehead atoms. The number of amides is 2. The molecule has 0 aromatic carbocycles. The van der Waals surface area contributed by atoms with Crippen LogP contribution >= 0.6 is 0 Å². The molecule has 1 unspecified atom stereocenters. The number of aliphatic hydroxyl groups is 1. The molecular weight excluding hydrogens is 284 g/mol. The monoisotopic (exact) mass is 306 g/mol. The summed E-state index contributed by atoms with van der Waals surface area (Å²) < 4.78 is 0. The lowest BCUT2D eigenvalue weighted by atomic mass is 9.97. The molecule has 9 heteroatoms. The van der Waals surface area contributed by atoms with Crippen LogP contribution in [0.25, 0.3) is 0 Å². The summed E-state index contributed by atoms with van der Waals surface area (Å²) >= 11 is 0. The number of carbonyl (C=O) groups excluding carboxylic acids is 2. The normalized spacial score (nSPS) is 21.7. The number of hydroxylamine groups is 2. The van der Waals surface area contributed by atoms with E-state index >= 15 is 0 Å². The SMILES string of the molecule is CON(C)C(=O)C(NC(C)=O)[C@H]1CC[C@H](O)C1.O=C(O)O. The van der Waals surface area contributed by atoms with Gasteiger partial charge in [0.05, 0.1) is 13.2 Å². The maximum Gasteiger partial charge on any atom is 0.503 e. The molecule has 0 aromatic heterocycles. The number of carboxylic acid groups (broad SMARTS) is 2. The van der Waals surface area contributed by atoms with Crippen molar-refractivity contribution in [3.8, 4) is 0 Å². The highest BCUT2D eigenvalue weighted by molar-refractivity contribution is 5.86. The minimum Gasteiger partial charge on any atom is -0.450 e. The van der Waals surface area contributed by atoms with Gasteiger partial charge in [-0.05, 0) is 25.2 Å². The third-order valence-electron chi connectivity index (χ3n) is 3.13. The maximum atomic E-state index is 12.0. The molecule has 0 aliphatic heterocycles. The zero-order valence-corrected chi connectivity index (χ0v) is 12.3. The van der Waals surface area contributed by atoms with Crippen LogP contribution in [0, 0.1) is 5.92 Å². The van der Waals surface area contributed by atoms with Crippen LogP contribution in [0.4, 0.5) is 4.79 Å². The van der Waals surface area contributed by atoms with Crippen molar-refractivity contribution in [1.29, 1.82) is 0 Å². The van der Waals surface area contributed by atoms with Gasteiger partial charge >= 0.3 is 6.16 Å². The highest BCUT2D eigenvalue weighted by Gasteiger charge is 2.36. The van der Waals surface area contributed by atoms with E-state index in [0.717, 1.165) is 11.5 Å². The van der Waals surface area contributed by atoms with Gasteiger partial charge in [0.1, 0.15) is 6.04 Å². The molecule has 1 fully saturated rings. The average molecular weight is 306 g/mol. The quantitative estimate of drug-likeness (QED) is 0.532. The minimum atomic E-state index is -1.83. The van der Waals surface area contributed by atoms with E-state index in [0.29, 0.717) is 12.8 Å². The first-order chi connectivity index (χ1) is 9.68. The Morgan fingerprint density at radius 2 is 1.81 bits per heavy atom. The maximum absolute atomic E-state index is 12.0. The molecule has 1 aliphatic carbocycles. The summed E-state index contributed by atoms with van der Waals surface area (Å²) in [5.74, 6) is -0.574. The summed E-state index contributed by atoms with van der Waals surface area (Å²) in [7, 11) is 2.90. The molecule has 2 amide bonds. The fourth-order valence-electron chi connectivity index (χ4n) is 2.18. The summed E-state index contributed by atoms with van der Waals surface area (Å²) in [6.07, 6.45) is -0.272. The van der Waals surface area contributed by atoms with Gasteiger partial charge in [-0.15, -0.1) is 0 Å². The van der Waals surface area contributed by atoms with E-state index in [1.807, 2.05) is 0 Å². The first-order valence-corrected chi connectivity index (χ1v) is 6.37. The van der Waals surface area contributed by atoms with Crippen LogP contribution in [0.15, 0.2) is 0 Å². The van der Waals surface area contributed by atoms with Crippen molar-refractivity contribution in [3.63, 3.8) is 0 Å². The van der Waals surface area contributed by atoms with Gasteiger partial charge < -0.3 is 20.6 Å². The third kappa shape index (κ3) is 7.47. The Morgan fingerprint density at radius 1 is 1.29 bits per heavy atom. The number of rotatable bonds is 4. The Kier molecular flexibility index (Phi) is 8.32. The highest BCUT2D eigenvalue weighted by Crippen LogP contribution is 2.29. The Morgan fingerprint density at radius 3 is 2.14 bits per heavy atom. The fraction of sp³-hybridized carbons (Fsp3) is 0.750. The van der Waals surface area contributed by atoms with Crippen LogP contribution in [-0.2, 0) is 14.4 Å². The van der Waals surface area contributed by atoms with Gasteiger partial charge in [0.2, 0.25) is 5.91 Å². The lowest BCUT2D eigenvalue weighted by Crippen LogP contribution is -2.50. The number of carbonyl (C=O) groups is 3. The summed E-state index contributed by atoms with van der Waals surface area (Å²) in [6, 6.07) is -0.616. The summed E-state index contributed by atoms with van der Waals surface area (Å²) in [5.41, 5.74) is 0. The van der Waals surface area contributed by atoms with Gasteiger partial charge in [-0.3, -0.25) is 14.4 Å². The van der Waals surface area contributed by atoms with Crippen molar-refractivity contribution < 1.29 is 34.5 Å². The van der Waals surface area contributed by atoms with E-state index < -0.39 is 12.2 Å². The molecule has 4 N–H and O–H groups in total. The van der Waals surface area contributed by atoms with Crippen molar-refractivity contribution in [1.82, 2.24) is 10.4 Å². The molecule has 0 spiro atoms. The minimum absolute atomic E-state index is 0.0287. The van der Waals surface area contributed by atoms with E-state index in [1.165, 1.54) is 21.1 Å². The van der Waals surface area contributed by atoms with Crippen LogP contribution < -0.4 is 5.32 Å². The second kappa shape index (κ2) is 9.14. The molecule has 0 saturated heterocycles. The number of nitrogens with one attached hydrogen (secondary N) is 1. The first kappa shape index (κ1) is 19.1. The summed E-state index contributed by atoms with van der Waals surface area (Å²) in [4.78, 5) is 36.5. The topological polar surface area (TPSA) is 136 Å². The molecule has 0 aromatic rings. The van der Waals surface area contributed by atoms with E-state index in [-0.39, 0.29) is 23.8 Å². The number of likely N-dealkylation sites (N-methyl/N-ethyl adjacent to an activating group) is 1. The van der Waals surface area contributed by atoms with Crippen molar-refractivity contribution in [3.05, 3.63) is 0 Å². The largest absolute Gasteiger partial charge is 0.503 e. The average Bonchev–Trinajstić information content (AvgIpc) is 2.79. The van der Waals surface area contributed by atoms with Crippen LogP contribution in [0.5, 0.6) is 0 Å². The predicted molar refractivity (Wildman–Crippen MR) is 71.4 cm³/mol. The van der Waals surface area contributed by atoms with Crippen molar-refractivity contribution in [2.24, 2.45) is 5.92 Å². The van der Waals surface area contributed by atoms with Crippen LogP contribution in [0.1, 0.15) is 26.2 Å². The number of hydrogen-bond acceptors (Lipinski definition) is 5. The number of hydrogen-bond donors (Lipinski definition) is 4. The van der Waals surface area contributed by atoms with Gasteiger partial charge in [0.25, 0.3) is 5.91 Å². The van der Waals surface area contributed by atoms with E-state index in [1.54, 1.807) is 0 Å². The van der Waals surface area contributed by atoms with Crippen molar-refractivity contribution in [2.45, 2.75) is 38.3 Å². The summed E-state index contributed by atoms with van der Waals surface area (Å²) in [6.45, 7) is 1.37. The zero-order chi connectivity index (χ0) is 16.6. The molecule has 122 valence electrons. The molecule has 9 nitrogen and oxygen atoms in total. The van der Waals surface area contributed by atoms with E-state index in [4.69, 9.17) is 19.8 Å². The Hall–Kier alpha value is -1.87. The lowest BCUT2D eigenvalue weighted by molar-refractivity contribution is -0.173. The van der Waals surface area contributed by atoms with Crippen molar-refractivity contribution >= 4 is 18.0 Å². The number of nitrogens with zero attached hydrogens (tertiary/aromatic N) is 1. The molecule has 1 rings (SSSR count). The molecule has 0 radical (unpaired) electrons. The zero-order valence-electron chi connectivity index (χ0n) is 12.3. The van der Waals surface area contributed by atoms with Gasteiger partial charge in [-0.2, -0.15) is 0 Å². The van der Waals surface area contributed by atoms with Gasteiger partial charge in [0, 0.05) is 14.0 Å². The summed E-state index contributed by atoms with van der Waals surface area (Å²) in [5, 5.41) is 27.2. The molecule has 0 heterocycles. The second-order valence-corrected chi connectivity index (χ2v) is 4.71. The Bertz CT molecular complexity index is 371. The fourth-order valence-corrected chi connectivity index (χ4v) is 2.18. The predicted octanol–water partition coefficient (Wildman–Crippen LogP) is -0.106. The third-order valence-corrected chi connectivity index (χ3v) is 3.13. The van der Waals surface area contributed by atoms with E-state index in [2.05, 4.69) is 5.32 Å². The van der Waals surface area contributed by atoms with Crippen LogP contribution in [-0.4, -0.2) is 64.7 Å². The molecule has 3 atom stereocenters. The van der Waals surface area contributed by atoms with Gasteiger partial charge in [-0.1, -0.05) is 0 Å². The van der Waals surface area contributed by atoms with Gasteiger partial charge in [0.15, 0.2) is 0 Å². The van der Waals surface area contributed by atoms with Crippen LogP contribution in [0.2, 0.25) is 0 Å². The molecule has 1 aliphatic rings. The highest BCUT2D eigenvalue weighted by atomic mass is 16.7. The van der Waals surface area contributed by atoms with Crippen LogP contribution in [0.3, 0.4) is 0 Å². The molecular formula is C12H22N2O7. The molecule has 1 saturated carbocycles. The lowest BCUT2D eigenvalue weighted by Gasteiger charge is -2.26.